The van der Waals surface area contributed by atoms with Gasteiger partial charge in [-0.2, -0.15) is 0 Å². The van der Waals surface area contributed by atoms with E-state index in [1.54, 1.807) is 6.92 Å². The Kier molecular flexibility index (Phi) is 7.36. The van der Waals surface area contributed by atoms with E-state index in [0.717, 1.165) is 0 Å². The Morgan fingerprint density at radius 3 is 1.74 bits per heavy atom. The largest absolute Gasteiger partial charge is 0.382 e. The van der Waals surface area contributed by atoms with Gasteiger partial charge >= 0.3 is 0 Å². The summed E-state index contributed by atoms with van der Waals surface area (Å²) in [4.78, 5) is 14.9. The maximum atomic E-state index is 5.46. The van der Waals surface area contributed by atoms with E-state index >= 15 is 0 Å². The molecule has 104 valence electrons. The fourth-order valence-electron chi connectivity index (χ4n) is 0.807. The van der Waals surface area contributed by atoms with Crippen molar-refractivity contribution in [2.24, 2.45) is 0 Å². The molecule has 0 atom stereocenters. The van der Waals surface area contributed by atoms with E-state index in [1.165, 1.54) is 12.4 Å². The van der Waals surface area contributed by atoms with Crippen molar-refractivity contribution in [1.82, 2.24) is 19.9 Å². The number of nitrogens with two attached hydrogens (primary N) is 2. The Hall–Kier alpha value is -1.37. The fraction of sp³-hybridized carbons (Fsp3) is 0.200. The number of nitrogens with zero attached hydrogens (tertiary/aromatic N) is 4. The monoisotopic (exact) mass is 322 g/mol. The normalized spacial score (nSPS) is 9.05. The minimum absolute atomic E-state index is 0. The van der Waals surface area contributed by atoms with Crippen LogP contribution in [-0.2, 0) is 0 Å². The summed E-state index contributed by atoms with van der Waals surface area (Å²) >= 11 is 16.3. The molecule has 0 amide bonds. The van der Waals surface area contributed by atoms with Crippen molar-refractivity contribution in [2.45, 2.75) is 14.4 Å². The first-order valence-electron chi connectivity index (χ1n) is 4.58. The Morgan fingerprint density at radius 2 is 1.37 bits per heavy atom. The van der Waals surface area contributed by atoms with Crippen molar-refractivity contribution in [3.8, 4) is 0 Å². The predicted octanol–water partition coefficient (Wildman–Crippen LogP) is 3.02. The summed E-state index contributed by atoms with van der Waals surface area (Å²) in [6.07, 6.45) is 2.80. The van der Waals surface area contributed by atoms with Gasteiger partial charge in [0.2, 0.25) is 0 Å². The van der Waals surface area contributed by atoms with E-state index in [1.807, 2.05) is 0 Å². The highest BCUT2D eigenvalue weighted by Crippen LogP contribution is 2.13. The summed E-state index contributed by atoms with van der Waals surface area (Å²) in [5.41, 5.74) is 11.3. The number of nitrogen functional groups attached to an aromatic ring is 2. The van der Waals surface area contributed by atoms with Gasteiger partial charge in [-0.25, -0.2) is 15.0 Å². The molecule has 0 aromatic carbocycles. The van der Waals surface area contributed by atoms with Gasteiger partial charge in [-0.3, -0.25) is 4.98 Å². The van der Waals surface area contributed by atoms with E-state index < -0.39 is 0 Å². The van der Waals surface area contributed by atoms with Gasteiger partial charge in [0.15, 0.2) is 11.0 Å². The van der Waals surface area contributed by atoms with Gasteiger partial charge in [-0.15, -0.1) is 0 Å². The standard InChI is InChI=1S/C5H6ClN3.C4H3Cl2N3.CH4/c1-3-5(7)9-4(6)2-8-3;5-2-1-8-3(6)4(7)9-2;/h2H,1H3,(H2,7,9);1H,(H2,7,9);1H4. The molecule has 0 radical (unpaired) electrons. The quantitative estimate of drug-likeness (QED) is 0.772. The van der Waals surface area contributed by atoms with E-state index in [0.29, 0.717) is 16.7 Å². The zero-order valence-corrected chi connectivity index (χ0v) is 11.5. The van der Waals surface area contributed by atoms with Crippen LogP contribution in [0.25, 0.3) is 0 Å². The lowest BCUT2D eigenvalue weighted by atomic mass is 10.5. The Balaban J connectivity index is 0.000000324. The van der Waals surface area contributed by atoms with Crippen LogP contribution < -0.4 is 11.5 Å². The van der Waals surface area contributed by atoms with Crippen molar-refractivity contribution in [2.75, 3.05) is 11.5 Å². The number of hydrogen-bond acceptors (Lipinski definition) is 6. The molecule has 2 heterocycles. The third-order valence-electron chi connectivity index (χ3n) is 1.69. The average Bonchev–Trinajstić information content (AvgIpc) is 2.30. The number of aryl methyl sites for hydroxylation is 1. The second-order valence-corrected chi connectivity index (χ2v) is 4.16. The second-order valence-electron chi connectivity index (χ2n) is 3.03. The molecule has 0 spiro atoms. The highest BCUT2D eigenvalue weighted by molar-refractivity contribution is 6.32. The molecule has 0 bridgehead atoms. The highest BCUT2D eigenvalue weighted by atomic mass is 35.5. The molecule has 0 aliphatic rings. The summed E-state index contributed by atoms with van der Waals surface area (Å²) in [5, 5.41) is 0.759. The van der Waals surface area contributed by atoms with Crippen LogP contribution in [0.15, 0.2) is 12.4 Å². The Morgan fingerprint density at radius 1 is 0.895 bits per heavy atom. The van der Waals surface area contributed by atoms with Gasteiger partial charge in [0.05, 0.1) is 18.1 Å². The van der Waals surface area contributed by atoms with Crippen LogP contribution in [0.2, 0.25) is 15.5 Å². The molecule has 4 N–H and O–H groups in total. The van der Waals surface area contributed by atoms with Crippen molar-refractivity contribution in [1.29, 1.82) is 0 Å². The van der Waals surface area contributed by atoms with Crippen LogP contribution >= 0.6 is 34.8 Å². The summed E-state index contributed by atoms with van der Waals surface area (Å²) < 4.78 is 0. The van der Waals surface area contributed by atoms with E-state index in [-0.39, 0.29) is 23.6 Å². The first kappa shape index (κ1) is 17.6. The van der Waals surface area contributed by atoms with Gasteiger partial charge in [0.1, 0.15) is 16.1 Å². The van der Waals surface area contributed by atoms with Crippen molar-refractivity contribution >= 4 is 46.4 Å². The average molecular weight is 324 g/mol. The lowest BCUT2D eigenvalue weighted by Crippen LogP contribution is -1.95. The molecular formula is C10H13Cl3N6. The topological polar surface area (TPSA) is 104 Å². The number of rotatable bonds is 0. The van der Waals surface area contributed by atoms with Gasteiger partial charge in [-0.1, -0.05) is 42.2 Å². The maximum Gasteiger partial charge on any atom is 0.171 e. The lowest BCUT2D eigenvalue weighted by Gasteiger charge is -1.94. The molecule has 2 aromatic rings. The minimum atomic E-state index is 0. The molecule has 2 aromatic heterocycles. The third kappa shape index (κ3) is 5.87. The molecule has 9 heteroatoms. The summed E-state index contributed by atoms with van der Waals surface area (Å²) in [6, 6.07) is 0. The molecule has 0 saturated carbocycles. The van der Waals surface area contributed by atoms with Crippen LogP contribution in [0.5, 0.6) is 0 Å². The van der Waals surface area contributed by atoms with Gasteiger partial charge in [0, 0.05) is 0 Å². The van der Waals surface area contributed by atoms with Crippen molar-refractivity contribution in [3.05, 3.63) is 33.5 Å². The van der Waals surface area contributed by atoms with Crippen LogP contribution in [0, 0.1) is 6.92 Å². The number of hydrogen-bond donors (Lipinski definition) is 2. The summed E-state index contributed by atoms with van der Waals surface area (Å²) in [7, 11) is 0. The molecule has 0 saturated heterocycles. The molecule has 6 nitrogen and oxygen atoms in total. The van der Waals surface area contributed by atoms with Crippen LogP contribution in [-0.4, -0.2) is 19.9 Å². The molecule has 0 unspecified atom stereocenters. The van der Waals surface area contributed by atoms with E-state index in [2.05, 4.69) is 19.9 Å². The zero-order chi connectivity index (χ0) is 13.7. The Bertz CT molecular complexity index is 499. The van der Waals surface area contributed by atoms with Gasteiger partial charge in [0.25, 0.3) is 0 Å². The molecule has 2 rings (SSSR count). The van der Waals surface area contributed by atoms with E-state index in [4.69, 9.17) is 46.3 Å². The molecule has 0 fully saturated rings. The van der Waals surface area contributed by atoms with Gasteiger partial charge < -0.3 is 11.5 Å². The number of halogens is 3. The maximum absolute atomic E-state index is 5.46. The van der Waals surface area contributed by atoms with Crippen LogP contribution in [0.3, 0.4) is 0 Å². The predicted molar refractivity (Wildman–Crippen MR) is 79.4 cm³/mol. The molecule has 0 aliphatic heterocycles. The van der Waals surface area contributed by atoms with Crippen LogP contribution in [0.1, 0.15) is 13.1 Å². The van der Waals surface area contributed by atoms with Gasteiger partial charge in [-0.05, 0) is 6.92 Å². The molecule has 0 aliphatic carbocycles. The number of anilines is 2. The Labute approximate surface area is 126 Å². The van der Waals surface area contributed by atoms with Crippen molar-refractivity contribution < 1.29 is 0 Å². The second kappa shape index (κ2) is 7.93. The summed E-state index contributed by atoms with van der Waals surface area (Å²) in [6.45, 7) is 1.78. The lowest BCUT2D eigenvalue weighted by molar-refractivity contribution is 1.13. The first-order valence-corrected chi connectivity index (χ1v) is 5.71. The summed E-state index contributed by atoms with van der Waals surface area (Å²) in [5.74, 6) is 0.548. The van der Waals surface area contributed by atoms with Crippen LogP contribution in [0.4, 0.5) is 11.6 Å². The fourth-order valence-corrected chi connectivity index (χ4v) is 1.18. The third-order valence-corrected chi connectivity index (χ3v) is 2.34. The SMILES string of the molecule is C.Cc1ncc(Cl)nc1N.Nc1nc(Cl)cnc1Cl. The smallest absolute Gasteiger partial charge is 0.171 e. The first-order chi connectivity index (χ1) is 8.40. The molecule has 19 heavy (non-hydrogen) atoms. The van der Waals surface area contributed by atoms with Crippen molar-refractivity contribution in [3.63, 3.8) is 0 Å². The highest BCUT2D eigenvalue weighted by Gasteiger charge is 1.97. The molecular weight excluding hydrogens is 311 g/mol. The number of aromatic nitrogens is 4. The zero-order valence-electron chi connectivity index (χ0n) is 9.23. The van der Waals surface area contributed by atoms with E-state index in [9.17, 15) is 0 Å². The minimum Gasteiger partial charge on any atom is -0.382 e.